The van der Waals surface area contributed by atoms with Gasteiger partial charge in [-0.05, 0) is 12.7 Å². The van der Waals surface area contributed by atoms with E-state index < -0.39 is 9.84 Å². The monoisotopic (exact) mass is 303 g/mol. The maximum atomic E-state index is 11.5. The molecule has 0 aromatic carbocycles. The number of thioether (sulfide) groups is 1. The number of anilines is 2. The Labute approximate surface area is 116 Å². The Balaban J connectivity index is 2.26. The van der Waals surface area contributed by atoms with Crippen molar-refractivity contribution in [3.05, 3.63) is 6.07 Å². The summed E-state index contributed by atoms with van der Waals surface area (Å²) in [5, 5.41) is 0.596. The zero-order valence-corrected chi connectivity index (χ0v) is 12.5. The maximum absolute atomic E-state index is 11.5. The Kier molecular flexibility index (Phi) is 4.16. The number of nitrogens with one attached hydrogen (secondary N) is 1. The van der Waals surface area contributed by atoms with E-state index in [0.717, 1.165) is 0 Å². The Morgan fingerprint density at radius 2 is 2.26 bits per heavy atom. The molecule has 3 N–H and O–H groups in total. The lowest BCUT2D eigenvalue weighted by atomic mass is 10.2. The highest BCUT2D eigenvalue weighted by molar-refractivity contribution is 7.98. The second-order valence-electron chi connectivity index (χ2n) is 4.41. The van der Waals surface area contributed by atoms with Gasteiger partial charge in [-0.15, -0.1) is 0 Å². The van der Waals surface area contributed by atoms with E-state index in [-0.39, 0.29) is 17.5 Å². The molecule has 2 heterocycles. The molecular formula is C10H17N5O2S2. The van der Waals surface area contributed by atoms with E-state index in [4.69, 9.17) is 5.84 Å². The van der Waals surface area contributed by atoms with E-state index in [2.05, 4.69) is 15.4 Å². The summed E-state index contributed by atoms with van der Waals surface area (Å²) in [5.41, 5.74) is 2.49. The molecule has 1 unspecified atom stereocenters. The molecule has 0 bridgehead atoms. The summed E-state index contributed by atoms with van der Waals surface area (Å²) in [7, 11) is -1.06. The third-order valence-electron chi connectivity index (χ3n) is 3.14. The fourth-order valence-corrected chi connectivity index (χ4v) is 4.18. The van der Waals surface area contributed by atoms with Crippen molar-refractivity contribution in [1.29, 1.82) is 0 Å². The van der Waals surface area contributed by atoms with Gasteiger partial charge in [-0.25, -0.2) is 24.2 Å². The Morgan fingerprint density at radius 3 is 2.79 bits per heavy atom. The van der Waals surface area contributed by atoms with E-state index in [0.29, 0.717) is 23.2 Å². The van der Waals surface area contributed by atoms with Crippen LogP contribution in [0.25, 0.3) is 0 Å². The van der Waals surface area contributed by atoms with Gasteiger partial charge in [0.2, 0.25) is 0 Å². The van der Waals surface area contributed by atoms with E-state index in [1.807, 2.05) is 18.2 Å². The van der Waals surface area contributed by atoms with Crippen LogP contribution in [0.4, 0.5) is 11.6 Å². The number of hydrogen-bond donors (Lipinski definition) is 2. The van der Waals surface area contributed by atoms with E-state index in [1.54, 1.807) is 6.07 Å². The van der Waals surface area contributed by atoms with Crippen LogP contribution in [0.3, 0.4) is 0 Å². The molecular weight excluding hydrogens is 286 g/mol. The number of hydrazine groups is 1. The Morgan fingerprint density at radius 1 is 1.53 bits per heavy atom. The Bertz CT molecular complexity index is 541. The van der Waals surface area contributed by atoms with Crippen LogP contribution in [0.5, 0.6) is 0 Å². The molecule has 1 aromatic rings. The van der Waals surface area contributed by atoms with Crippen LogP contribution in [0, 0.1) is 0 Å². The van der Waals surface area contributed by atoms with Gasteiger partial charge in [0, 0.05) is 19.2 Å². The minimum absolute atomic E-state index is 0.0415. The lowest BCUT2D eigenvalue weighted by Gasteiger charge is -2.25. The van der Waals surface area contributed by atoms with Gasteiger partial charge in [0.25, 0.3) is 0 Å². The molecule has 1 aliphatic rings. The first-order valence-electron chi connectivity index (χ1n) is 5.78. The second kappa shape index (κ2) is 5.51. The number of sulfone groups is 1. The van der Waals surface area contributed by atoms with Gasteiger partial charge in [-0.3, -0.25) is 0 Å². The van der Waals surface area contributed by atoms with Gasteiger partial charge in [-0.2, -0.15) is 0 Å². The summed E-state index contributed by atoms with van der Waals surface area (Å²) in [6.07, 6.45) is 2.50. The van der Waals surface area contributed by atoms with Crippen LogP contribution in [0.15, 0.2) is 11.2 Å². The minimum atomic E-state index is -2.91. The molecule has 1 aromatic heterocycles. The molecule has 0 saturated carbocycles. The quantitative estimate of drug-likeness (QED) is 0.350. The van der Waals surface area contributed by atoms with Crippen molar-refractivity contribution in [2.45, 2.75) is 17.6 Å². The molecule has 1 saturated heterocycles. The fourth-order valence-electron chi connectivity index (χ4n) is 2.03. The molecule has 2 rings (SSSR count). The predicted molar refractivity (Wildman–Crippen MR) is 77.1 cm³/mol. The first kappa shape index (κ1) is 14.4. The molecule has 7 nitrogen and oxygen atoms in total. The van der Waals surface area contributed by atoms with Crippen LogP contribution in [0.1, 0.15) is 6.42 Å². The van der Waals surface area contributed by atoms with Gasteiger partial charge in [0.15, 0.2) is 15.0 Å². The maximum Gasteiger partial charge on any atom is 0.191 e. The fraction of sp³-hybridized carbons (Fsp3) is 0.600. The summed E-state index contributed by atoms with van der Waals surface area (Å²) in [6, 6.07) is 1.67. The SMILES string of the molecule is CSc1nc(NN)cc(N(C)C2CCS(=O)(=O)C2)n1. The summed E-state index contributed by atoms with van der Waals surface area (Å²) in [4.78, 5) is 10.4. The lowest BCUT2D eigenvalue weighted by Crippen LogP contribution is -2.33. The van der Waals surface area contributed by atoms with Crippen molar-refractivity contribution >= 4 is 33.2 Å². The molecule has 9 heteroatoms. The second-order valence-corrected chi connectivity index (χ2v) is 7.41. The smallest absolute Gasteiger partial charge is 0.191 e. The van der Waals surface area contributed by atoms with Gasteiger partial charge < -0.3 is 10.3 Å². The van der Waals surface area contributed by atoms with Crippen LogP contribution < -0.4 is 16.2 Å². The predicted octanol–water partition coefficient (Wildman–Crippen LogP) is 0.107. The van der Waals surface area contributed by atoms with Crippen molar-refractivity contribution in [3.8, 4) is 0 Å². The highest BCUT2D eigenvalue weighted by Crippen LogP contribution is 2.24. The van der Waals surface area contributed by atoms with E-state index >= 15 is 0 Å². The number of hydrogen-bond acceptors (Lipinski definition) is 8. The summed E-state index contributed by atoms with van der Waals surface area (Å²) < 4.78 is 23.1. The van der Waals surface area contributed by atoms with Gasteiger partial charge in [0.05, 0.1) is 11.5 Å². The van der Waals surface area contributed by atoms with Crippen molar-refractivity contribution in [3.63, 3.8) is 0 Å². The first-order valence-corrected chi connectivity index (χ1v) is 8.83. The van der Waals surface area contributed by atoms with E-state index in [1.165, 1.54) is 11.8 Å². The largest absolute Gasteiger partial charge is 0.355 e. The minimum Gasteiger partial charge on any atom is -0.355 e. The highest BCUT2D eigenvalue weighted by Gasteiger charge is 2.31. The standard InChI is InChI=1S/C10H17N5O2S2/c1-15(7-3-4-19(16,17)6-7)9-5-8(14-11)12-10(13-9)18-2/h5,7H,3-4,6,11H2,1-2H3,(H,12,13,14). The molecule has 1 fully saturated rings. The summed E-state index contributed by atoms with van der Waals surface area (Å²) >= 11 is 1.41. The number of nitrogen functional groups attached to an aromatic ring is 1. The molecule has 106 valence electrons. The third kappa shape index (κ3) is 3.28. The van der Waals surface area contributed by atoms with Gasteiger partial charge in [-0.1, -0.05) is 11.8 Å². The average molecular weight is 303 g/mol. The number of nitrogens with zero attached hydrogens (tertiary/aromatic N) is 3. The zero-order chi connectivity index (χ0) is 14.0. The lowest BCUT2D eigenvalue weighted by molar-refractivity contribution is 0.600. The van der Waals surface area contributed by atoms with Crippen molar-refractivity contribution < 1.29 is 8.42 Å². The molecule has 0 radical (unpaired) electrons. The van der Waals surface area contributed by atoms with Crippen LogP contribution in [0.2, 0.25) is 0 Å². The highest BCUT2D eigenvalue weighted by atomic mass is 32.2. The Hall–Kier alpha value is -1.06. The van der Waals surface area contributed by atoms with E-state index in [9.17, 15) is 8.42 Å². The third-order valence-corrected chi connectivity index (χ3v) is 5.44. The number of rotatable bonds is 4. The van der Waals surface area contributed by atoms with Gasteiger partial charge in [0.1, 0.15) is 11.6 Å². The number of nitrogens with two attached hydrogens (primary N) is 1. The van der Waals surface area contributed by atoms with Crippen LogP contribution in [-0.2, 0) is 9.84 Å². The van der Waals surface area contributed by atoms with Crippen molar-refractivity contribution in [1.82, 2.24) is 9.97 Å². The summed E-state index contributed by atoms with van der Waals surface area (Å²) in [5.74, 6) is 6.98. The normalized spacial score (nSPS) is 21.3. The van der Waals surface area contributed by atoms with Crippen molar-refractivity contribution in [2.24, 2.45) is 5.84 Å². The molecule has 0 aliphatic carbocycles. The van der Waals surface area contributed by atoms with Gasteiger partial charge >= 0.3 is 0 Å². The molecule has 19 heavy (non-hydrogen) atoms. The van der Waals surface area contributed by atoms with Crippen LogP contribution in [-0.4, -0.2) is 49.2 Å². The number of aromatic nitrogens is 2. The molecule has 1 aliphatic heterocycles. The summed E-state index contributed by atoms with van der Waals surface area (Å²) in [6.45, 7) is 0. The zero-order valence-electron chi connectivity index (χ0n) is 10.8. The molecule has 0 amide bonds. The van der Waals surface area contributed by atoms with Crippen LogP contribution >= 0.6 is 11.8 Å². The molecule has 1 atom stereocenters. The van der Waals surface area contributed by atoms with Crippen molar-refractivity contribution in [2.75, 3.05) is 35.1 Å². The molecule has 0 spiro atoms. The first-order chi connectivity index (χ1) is 8.95. The average Bonchev–Trinajstić information content (AvgIpc) is 2.77. The topological polar surface area (TPSA) is 101 Å².